The van der Waals surface area contributed by atoms with Crippen LogP contribution in [0.4, 0.5) is 0 Å². The summed E-state index contributed by atoms with van der Waals surface area (Å²) in [6, 6.07) is 14.9. The molecule has 1 N–H and O–H groups in total. The van der Waals surface area contributed by atoms with Crippen LogP contribution in [0.5, 0.6) is 5.75 Å². The third kappa shape index (κ3) is 2.72. The first-order valence-corrected chi connectivity index (χ1v) is 7.35. The molecule has 0 aliphatic heterocycles. The van der Waals surface area contributed by atoms with Crippen LogP contribution in [0.3, 0.4) is 0 Å². The van der Waals surface area contributed by atoms with E-state index in [0.29, 0.717) is 0 Å². The quantitative estimate of drug-likeness (QED) is 0.872. The van der Waals surface area contributed by atoms with Gasteiger partial charge < -0.3 is 9.84 Å². The van der Waals surface area contributed by atoms with Gasteiger partial charge in [-0.05, 0) is 47.2 Å². The van der Waals surface area contributed by atoms with E-state index in [0.717, 1.165) is 18.6 Å². The summed E-state index contributed by atoms with van der Waals surface area (Å²) in [4.78, 5) is 0. The Morgan fingerprint density at radius 3 is 2.62 bits per heavy atom. The van der Waals surface area contributed by atoms with Gasteiger partial charge in [0.25, 0.3) is 0 Å². The molecule has 0 aromatic heterocycles. The molecule has 0 fully saturated rings. The van der Waals surface area contributed by atoms with Crippen molar-refractivity contribution in [1.29, 1.82) is 0 Å². The van der Waals surface area contributed by atoms with Crippen molar-refractivity contribution in [3.05, 3.63) is 76.9 Å². The van der Waals surface area contributed by atoms with Crippen molar-refractivity contribution in [2.75, 3.05) is 13.7 Å². The molecular weight excluding hydrogens is 260 g/mol. The molecule has 0 radical (unpaired) electrons. The van der Waals surface area contributed by atoms with Crippen molar-refractivity contribution in [2.45, 2.75) is 18.8 Å². The number of allylic oxidation sites excluding steroid dienone is 1. The maximum atomic E-state index is 9.15. The van der Waals surface area contributed by atoms with Crippen molar-refractivity contribution in [2.24, 2.45) is 0 Å². The van der Waals surface area contributed by atoms with Gasteiger partial charge in [0, 0.05) is 5.92 Å². The molecule has 2 nitrogen and oxygen atoms in total. The molecule has 0 bridgehead atoms. The Kier molecular flexibility index (Phi) is 4.07. The number of hydrogen-bond acceptors (Lipinski definition) is 2. The number of aliphatic hydroxyl groups is 1. The highest BCUT2D eigenvalue weighted by molar-refractivity contribution is 5.50. The lowest BCUT2D eigenvalue weighted by Crippen LogP contribution is -2.02. The van der Waals surface area contributed by atoms with E-state index in [-0.39, 0.29) is 12.5 Å². The van der Waals surface area contributed by atoms with E-state index in [2.05, 4.69) is 42.5 Å². The third-order valence-corrected chi connectivity index (χ3v) is 4.18. The normalized spacial score (nSPS) is 17.1. The van der Waals surface area contributed by atoms with Crippen molar-refractivity contribution in [3.8, 4) is 5.75 Å². The highest BCUT2D eigenvalue weighted by Gasteiger charge is 2.21. The molecule has 1 unspecified atom stereocenters. The molecule has 1 aliphatic carbocycles. The molecule has 0 heterocycles. The lowest BCUT2D eigenvalue weighted by atomic mass is 9.87. The highest BCUT2D eigenvalue weighted by atomic mass is 16.5. The molecule has 0 spiro atoms. The van der Waals surface area contributed by atoms with Gasteiger partial charge in [-0.3, -0.25) is 0 Å². The Morgan fingerprint density at radius 1 is 1.10 bits per heavy atom. The van der Waals surface area contributed by atoms with Crippen molar-refractivity contribution in [3.63, 3.8) is 0 Å². The van der Waals surface area contributed by atoms with Crippen LogP contribution in [-0.2, 0) is 12.8 Å². The van der Waals surface area contributed by atoms with E-state index in [9.17, 15) is 0 Å². The second-order valence-corrected chi connectivity index (χ2v) is 5.35. The molecule has 0 saturated heterocycles. The minimum atomic E-state index is 0.0674. The van der Waals surface area contributed by atoms with E-state index in [1.54, 1.807) is 7.11 Å². The molecule has 2 aromatic carbocycles. The van der Waals surface area contributed by atoms with E-state index in [1.807, 2.05) is 12.1 Å². The van der Waals surface area contributed by atoms with Gasteiger partial charge in [0.2, 0.25) is 0 Å². The number of fused-ring (bicyclic) bond motifs is 2. The number of methoxy groups -OCH3 is 1. The van der Waals surface area contributed by atoms with Crippen molar-refractivity contribution in [1.82, 2.24) is 0 Å². The maximum absolute atomic E-state index is 9.15. The van der Waals surface area contributed by atoms with Crippen LogP contribution < -0.4 is 4.74 Å². The van der Waals surface area contributed by atoms with Crippen LogP contribution >= 0.6 is 0 Å². The molecular formula is C19H20O2. The second kappa shape index (κ2) is 6.15. The zero-order valence-electron chi connectivity index (χ0n) is 12.3. The summed E-state index contributed by atoms with van der Waals surface area (Å²) in [5.41, 5.74) is 5.36. The number of benzene rings is 2. The number of rotatable bonds is 3. The van der Waals surface area contributed by atoms with Crippen LogP contribution in [0.1, 0.15) is 28.2 Å². The van der Waals surface area contributed by atoms with E-state index in [1.165, 1.54) is 22.3 Å². The first-order chi connectivity index (χ1) is 10.3. The Balaban J connectivity index is 2.16. The monoisotopic (exact) mass is 280 g/mol. The number of ether oxygens (including phenoxy) is 1. The predicted octanol–water partition coefficient (Wildman–Crippen LogP) is 3.47. The minimum Gasteiger partial charge on any atom is -0.497 e. The van der Waals surface area contributed by atoms with Gasteiger partial charge >= 0.3 is 0 Å². The smallest absolute Gasteiger partial charge is 0.119 e. The zero-order valence-corrected chi connectivity index (χ0v) is 12.3. The van der Waals surface area contributed by atoms with Gasteiger partial charge in [0.1, 0.15) is 5.75 Å². The maximum Gasteiger partial charge on any atom is 0.119 e. The van der Waals surface area contributed by atoms with Gasteiger partial charge in [-0.1, -0.05) is 42.5 Å². The summed E-state index contributed by atoms with van der Waals surface area (Å²) in [6.45, 7) is 0.0674. The molecule has 2 aromatic rings. The molecule has 0 saturated carbocycles. The summed E-state index contributed by atoms with van der Waals surface area (Å²) >= 11 is 0. The average Bonchev–Trinajstić information content (AvgIpc) is 2.69. The highest BCUT2D eigenvalue weighted by Crippen LogP contribution is 2.36. The van der Waals surface area contributed by atoms with Crippen molar-refractivity contribution >= 4 is 0 Å². The summed E-state index contributed by atoms with van der Waals surface area (Å²) in [6.07, 6.45) is 6.03. The Bertz CT molecular complexity index is 658. The molecule has 108 valence electrons. The fraction of sp³-hybridized carbons (Fsp3) is 0.263. The predicted molar refractivity (Wildman–Crippen MR) is 84.9 cm³/mol. The van der Waals surface area contributed by atoms with E-state index < -0.39 is 0 Å². The van der Waals surface area contributed by atoms with E-state index in [4.69, 9.17) is 9.84 Å². The van der Waals surface area contributed by atoms with Crippen LogP contribution in [-0.4, -0.2) is 18.8 Å². The van der Waals surface area contributed by atoms with Crippen molar-refractivity contribution < 1.29 is 9.84 Å². The topological polar surface area (TPSA) is 29.5 Å². The summed E-state index contributed by atoms with van der Waals surface area (Å²) in [5, 5.41) is 9.15. The SMILES string of the molecule is COc1ccc2c(c1)C(/C=C/CO)c1ccccc1CC2. The lowest BCUT2D eigenvalue weighted by Gasteiger charge is -2.17. The molecule has 1 atom stereocenters. The summed E-state index contributed by atoms with van der Waals surface area (Å²) in [7, 11) is 1.70. The Labute approximate surface area is 125 Å². The molecule has 3 rings (SSSR count). The molecule has 1 aliphatic rings. The van der Waals surface area contributed by atoms with Crippen LogP contribution in [0.25, 0.3) is 0 Å². The zero-order chi connectivity index (χ0) is 14.7. The van der Waals surface area contributed by atoms with Crippen LogP contribution in [0.2, 0.25) is 0 Å². The Hall–Kier alpha value is -2.06. The van der Waals surface area contributed by atoms with Gasteiger partial charge in [-0.25, -0.2) is 0 Å². The summed E-state index contributed by atoms with van der Waals surface area (Å²) in [5.74, 6) is 1.07. The summed E-state index contributed by atoms with van der Waals surface area (Å²) < 4.78 is 5.39. The fourth-order valence-electron chi connectivity index (χ4n) is 3.12. The average molecular weight is 280 g/mol. The van der Waals surface area contributed by atoms with Gasteiger partial charge in [0.05, 0.1) is 13.7 Å². The Morgan fingerprint density at radius 2 is 1.86 bits per heavy atom. The second-order valence-electron chi connectivity index (χ2n) is 5.35. The van der Waals surface area contributed by atoms with E-state index >= 15 is 0 Å². The van der Waals surface area contributed by atoms with Gasteiger partial charge in [-0.15, -0.1) is 0 Å². The minimum absolute atomic E-state index is 0.0674. The molecule has 2 heteroatoms. The molecule has 0 amide bonds. The van der Waals surface area contributed by atoms with Crippen LogP contribution in [0.15, 0.2) is 54.6 Å². The van der Waals surface area contributed by atoms with Crippen LogP contribution in [0, 0.1) is 0 Å². The lowest BCUT2D eigenvalue weighted by molar-refractivity contribution is 0.342. The standard InChI is InChI=1S/C19H20O2/c1-21-16-11-10-15-9-8-14-5-2-3-6-17(14)18(7-4-12-20)19(15)13-16/h2-7,10-11,13,18,20H,8-9,12H2,1H3/b7-4+. The number of aryl methyl sites for hydroxylation is 2. The molecule has 21 heavy (non-hydrogen) atoms. The number of hydrogen-bond donors (Lipinski definition) is 1. The third-order valence-electron chi connectivity index (χ3n) is 4.18. The first-order valence-electron chi connectivity index (χ1n) is 7.35. The van der Waals surface area contributed by atoms with Gasteiger partial charge in [-0.2, -0.15) is 0 Å². The first kappa shape index (κ1) is 13.9. The number of aliphatic hydroxyl groups excluding tert-OH is 1. The fourth-order valence-corrected chi connectivity index (χ4v) is 3.12. The largest absolute Gasteiger partial charge is 0.497 e. The van der Waals surface area contributed by atoms with Gasteiger partial charge in [0.15, 0.2) is 0 Å².